The summed E-state index contributed by atoms with van der Waals surface area (Å²) < 4.78 is 2.16. The molecule has 0 radical (unpaired) electrons. The molecule has 0 aliphatic heterocycles. The van der Waals surface area contributed by atoms with Gasteiger partial charge in [-0.05, 0) is 24.3 Å². The van der Waals surface area contributed by atoms with Crippen molar-refractivity contribution in [2.75, 3.05) is 0 Å². The van der Waals surface area contributed by atoms with E-state index in [-0.39, 0.29) is 11.7 Å². The molecule has 27 heavy (non-hydrogen) atoms. The Hall–Kier alpha value is -3.60. The highest BCUT2D eigenvalue weighted by Gasteiger charge is 2.10. The first kappa shape index (κ1) is 16.8. The number of phenolic OH excluding ortho intramolecular Hbond substituents is 1. The Kier molecular flexibility index (Phi) is 4.58. The second-order valence-corrected chi connectivity index (χ2v) is 6.29. The molecular weight excluding hydrogens is 338 g/mol. The maximum Gasteiger partial charge on any atom is 0.241 e. The molecule has 4 aromatic rings. The Balaban J connectivity index is 1.48. The van der Waals surface area contributed by atoms with Crippen molar-refractivity contribution in [2.24, 2.45) is 5.10 Å². The molecule has 0 fully saturated rings. The molecule has 1 aromatic heterocycles. The lowest BCUT2D eigenvalue weighted by Gasteiger charge is -2.06. The van der Waals surface area contributed by atoms with Crippen molar-refractivity contribution >= 4 is 33.9 Å². The summed E-state index contributed by atoms with van der Waals surface area (Å²) in [6.07, 6.45) is 1.74. The molecule has 134 valence electrons. The summed E-state index contributed by atoms with van der Waals surface area (Å²) in [5.74, 6) is -0.0516. The van der Waals surface area contributed by atoms with Crippen LogP contribution in [0, 0.1) is 0 Å². The molecule has 4 rings (SSSR count). The first-order chi connectivity index (χ1) is 13.2. The number of amides is 1. The lowest BCUT2D eigenvalue weighted by Crippen LogP contribution is -2.19. The van der Waals surface area contributed by atoms with Gasteiger partial charge in [-0.25, -0.2) is 5.43 Å². The number of carbonyl (C=O) groups is 1. The van der Waals surface area contributed by atoms with E-state index in [4.69, 9.17) is 0 Å². The maximum absolute atomic E-state index is 12.2. The van der Waals surface area contributed by atoms with Gasteiger partial charge in [0.05, 0.1) is 6.21 Å². The number of hydrogen-bond acceptors (Lipinski definition) is 3. The van der Waals surface area contributed by atoms with Crippen LogP contribution in [0.25, 0.3) is 21.8 Å². The first-order valence-corrected chi connectivity index (χ1v) is 8.80. The van der Waals surface area contributed by atoms with E-state index >= 15 is 0 Å². The average Bonchev–Trinajstić information content (AvgIpc) is 3.02. The molecule has 5 nitrogen and oxygen atoms in total. The van der Waals surface area contributed by atoms with Gasteiger partial charge in [-0.2, -0.15) is 5.10 Å². The van der Waals surface area contributed by atoms with Crippen molar-refractivity contribution in [3.05, 3.63) is 78.4 Å². The van der Waals surface area contributed by atoms with Crippen molar-refractivity contribution < 1.29 is 9.90 Å². The van der Waals surface area contributed by atoms with Gasteiger partial charge in [0.2, 0.25) is 5.91 Å². The van der Waals surface area contributed by atoms with Crippen molar-refractivity contribution in [3.63, 3.8) is 0 Å². The van der Waals surface area contributed by atoms with Crippen molar-refractivity contribution in [1.82, 2.24) is 9.99 Å². The van der Waals surface area contributed by atoms with Gasteiger partial charge in [0.25, 0.3) is 0 Å². The number of aryl methyl sites for hydroxylation is 1. The predicted octanol–water partition coefficient (Wildman–Crippen LogP) is 4.04. The summed E-state index contributed by atoms with van der Waals surface area (Å²) in [6, 6.07) is 23.3. The number of fused-ring (bicyclic) bond motifs is 3. The van der Waals surface area contributed by atoms with E-state index in [2.05, 4.69) is 39.4 Å². The summed E-state index contributed by atoms with van der Waals surface area (Å²) in [6.45, 7) is 0.561. The van der Waals surface area contributed by atoms with Crippen LogP contribution < -0.4 is 5.43 Å². The Morgan fingerprint density at radius 3 is 2.19 bits per heavy atom. The predicted molar refractivity (Wildman–Crippen MR) is 108 cm³/mol. The number of aromatic hydroxyl groups is 1. The average molecular weight is 357 g/mol. The van der Waals surface area contributed by atoms with Crippen LogP contribution in [0.5, 0.6) is 5.75 Å². The van der Waals surface area contributed by atoms with Crippen LogP contribution in [0.3, 0.4) is 0 Å². The van der Waals surface area contributed by atoms with Crippen LogP contribution in [-0.4, -0.2) is 21.8 Å². The van der Waals surface area contributed by atoms with E-state index in [0.717, 1.165) is 11.0 Å². The molecule has 0 aliphatic rings. The zero-order chi connectivity index (χ0) is 18.6. The third-order valence-corrected chi connectivity index (χ3v) is 4.57. The van der Waals surface area contributed by atoms with E-state index in [1.54, 1.807) is 24.3 Å². The molecule has 1 amide bonds. The zero-order valence-corrected chi connectivity index (χ0v) is 14.7. The number of rotatable bonds is 5. The maximum atomic E-state index is 12.2. The standard InChI is InChI=1S/C22H19N3O2/c26-21-12-6-1-7-16(21)15-23-24-22(27)13-14-25-19-10-4-2-8-17(19)18-9-3-5-11-20(18)25/h1-12,15,26H,13-14H2,(H,24,27)/b23-15-. The quantitative estimate of drug-likeness (QED) is 0.418. The molecule has 0 spiro atoms. The topological polar surface area (TPSA) is 66.6 Å². The normalized spacial score (nSPS) is 11.4. The Morgan fingerprint density at radius 2 is 1.52 bits per heavy atom. The van der Waals surface area contributed by atoms with Crippen LogP contribution in [0.15, 0.2) is 77.9 Å². The number of phenols is 1. The Bertz CT molecular complexity index is 1090. The molecule has 0 bridgehead atoms. The minimum atomic E-state index is -0.177. The molecule has 1 heterocycles. The molecule has 0 saturated heterocycles. The van der Waals surface area contributed by atoms with Crippen LogP contribution in [0.1, 0.15) is 12.0 Å². The van der Waals surface area contributed by atoms with Gasteiger partial charge in [-0.1, -0.05) is 48.5 Å². The molecular formula is C22H19N3O2. The molecule has 0 aliphatic carbocycles. The van der Waals surface area contributed by atoms with E-state index in [9.17, 15) is 9.90 Å². The fourth-order valence-corrected chi connectivity index (χ4v) is 3.28. The summed E-state index contributed by atoms with van der Waals surface area (Å²) in [5, 5.41) is 16.0. The SMILES string of the molecule is O=C(CCn1c2ccccc2c2ccccc21)N/N=C\c1ccccc1O. The minimum Gasteiger partial charge on any atom is -0.507 e. The summed E-state index contributed by atoms with van der Waals surface area (Å²) in [4.78, 5) is 12.2. The summed E-state index contributed by atoms with van der Waals surface area (Å²) >= 11 is 0. The van der Waals surface area contributed by atoms with Crippen molar-refractivity contribution in [1.29, 1.82) is 0 Å². The largest absolute Gasteiger partial charge is 0.507 e. The van der Waals surface area contributed by atoms with Gasteiger partial charge in [0.1, 0.15) is 5.75 Å². The molecule has 3 aromatic carbocycles. The van der Waals surface area contributed by atoms with Gasteiger partial charge < -0.3 is 9.67 Å². The van der Waals surface area contributed by atoms with Gasteiger partial charge in [-0.3, -0.25) is 4.79 Å². The second kappa shape index (κ2) is 7.33. The number of para-hydroxylation sites is 3. The molecule has 2 N–H and O–H groups in total. The van der Waals surface area contributed by atoms with Crippen LogP contribution in [0.4, 0.5) is 0 Å². The lowest BCUT2D eigenvalue weighted by molar-refractivity contribution is -0.121. The molecule has 0 atom stereocenters. The van der Waals surface area contributed by atoms with Gasteiger partial charge >= 0.3 is 0 Å². The number of aromatic nitrogens is 1. The van der Waals surface area contributed by atoms with Crippen LogP contribution in [-0.2, 0) is 11.3 Å². The Morgan fingerprint density at radius 1 is 0.926 bits per heavy atom. The molecule has 5 heteroatoms. The van der Waals surface area contributed by atoms with E-state index in [1.807, 2.05) is 24.3 Å². The Labute approximate surface area is 156 Å². The lowest BCUT2D eigenvalue weighted by atomic mass is 10.2. The first-order valence-electron chi connectivity index (χ1n) is 8.80. The van der Waals surface area contributed by atoms with Gasteiger partial charge in [0.15, 0.2) is 0 Å². The number of nitrogens with zero attached hydrogens (tertiary/aromatic N) is 2. The fourth-order valence-electron chi connectivity index (χ4n) is 3.28. The second-order valence-electron chi connectivity index (χ2n) is 6.29. The highest BCUT2D eigenvalue weighted by molar-refractivity contribution is 6.08. The molecule has 0 saturated carbocycles. The third-order valence-electron chi connectivity index (χ3n) is 4.57. The summed E-state index contributed by atoms with van der Waals surface area (Å²) in [5.41, 5.74) is 5.31. The van der Waals surface area contributed by atoms with Crippen molar-refractivity contribution in [3.8, 4) is 5.75 Å². The van der Waals surface area contributed by atoms with Crippen LogP contribution in [0.2, 0.25) is 0 Å². The smallest absolute Gasteiger partial charge is 0.241 e. The number of hydrazone groups is 1. The van der Waals surface area contributed by atoms with E-state index < -0.39 is 0 Å². The van der Waals surface area contributed by atoms with Crippen molar-refractivity contribution in [2.45, 2.75) is 13.0 Å². The third kappa shape index (κ3) is 3.40. The zero-order valence-electron chi connectivity index (χ0n) is 14.7. The number of carbonyl (C=O) groups excluding carboxylic acids is 1. The fraction of sp³-hybridized carbons (Fsp3) is 0.0909. The summed E-state index contributed by atoms with van der Waals surface area (Å²) in [7, 11) is 0. The van der Waals surface area contributed by atoms with Gasteiger partial charge in [-0.15, -0.1) is 0 Å². The highest BCUT2D eigenvalue weighted by Crippen LogP contribution is 2.28. The number of nitrogens with one attached hydrogen (secondary N) is 1. The molecule has 0 unspecified atom stereocenters. The number of benzene rings is 3. The van der Waals surface area contributed by atoms with Gasteiger partial charge in [0, 0.05) is 40.3 Å². The van der Waals surface area contributed by atoms with E-state index in [0.29, 0.717) is 18.5 Å². The minimum absolute atomic E-state index is 0.126. The highest BCUT2D eigenvalue weighted by atomic mass is 16.3. The number of hydrogen-bond donors (Lipinski definition) is 2. The monoisotopic (exact) mass is 357 g/mol. The van der Waals surface area contributed by atoms with Crippen LogP contribution >= 0.6 is 0 Å². The van der Waals surface area contributed by atoms with E-state index in [1.165, 1.54) is 17.0 Å².